The van der Waals surface area contributed by atoms with Crippen LogP contribution in [0.4, 0.5) is 26.3 Å². The molecule has 0 atom stereocenters. The summed E-state index contributed by atoms with van der Waals surface area (Å²) >= 11 is 0. The maximum atomic E-state index is 12.6. The third-order valence-electron chi connectivity index (χ3n) is 1.28. The Morgan fingerprint density at radius 1 is 0.929 bits per heavy atom. The summed E-state index contributed by atoms with van der Waals surface area (Å²) in [4.78, 5) is 0. The molecule has 0 aliphatic heterocycles. The summed E-state index contributed by atoms with van der Waals surface area (Å²) < 4.78 is 76.2. The minimum Gasteiger partial charge on any atom is -0.428 e. The van der Waals surface area contributed by atoms with Crippen molar-refractivity contribution in [2.24, 2.45) is 0 Å². The molecule has 0 amide bonds. The largest absolute Gasteiger partial charge is 0.428 e. The highest BCUT2D eigenvalue weighted by molar-refractivity contribution is 5.28. The molecule has 0 N–H and O–H groups in total. The van der Waals surface area contributed by atoms with Crippen molar-refractivity contribution in [3.05, 3.63) is 29.3 Å². The van der Waals surface area contributed by atoms with Gasteiger partial charge in [0, 0.05) is 6.07 Å². The molecular weight excluding hydrogens is 214 g/mol. The molecule has 78 valence electrons. The summed E-state index contributed by atoms with van der Waals surface area (Å²) in [5, 5.41) is 0. The lowest BCUT2D eigenvalue weighted by Gasteiger charge is -2.07. The Labute approximate surface area is 73.9 Å². The number of ether oxygens (including phenoxy) is 1. The molecule has 1 nitrogen and oxygen atoms in total. The monoisotopic (exact) mass is 216 g/mol. The lowest BCUT2D eigenvalue weighted by molar-refractivity contribution is -0.0554. The highest BCUT2D eigenvalue weighted by Crippen LogP contribution is 2.27. The Morgan fingerprint density at radius 2 is 1.36 bits per heavy atom. The second kappa shape index (κ2) is 3.77. The van der Waals surface area contributed by atoms with E-state index in [1.54, 1.807) is 0 Å². The molecule has 0 heterocycles. The fourth-order valence-electron chi connectivity index (χ4n) is 0.744. The second-order valence-electron chi connectivity index (χ2n) is 2.18. The van der Waals surface area contributed by atoms with E-state index in [1.165, 1.54) is 0 Å². The summed E-state index contributed by atoms with van der Waals surface area (Å²) in [6.07, 6.45) is 0. The van der Waals surface area contributed by atoms with Crippen LogP contribution in [-0.2, 0) is 0 Å². The molecule has 0 saturated carbocycles. The van der Waals surface area contributed by atoms with Gasteiger partial charge in [0.05, 0.1) is 0 Å². The average molecular weight is 216 g/mol. The first-order valence-corrected chi connectivity index (χ1v) is 3.21. The van der Waals surface area contributed by atoms with Gasteiger partial charge in [0.25, 0.3) is 0 Å². The molecule has 0 bridgehead atoms. The normalized spacial score (nSPS) is 10.8. The first-order chi connectivity index (χ1) is 6.43. The van der Waals surface area contributed by atoms with Gasteiger partial charge in [-0.1, -0.05) is 0 Å². The molecule has 0 saturated heterocycles. The molecule has 14 heavy (non-hydrogen) atoms. The van der Waals surface area contributed by atoms with Crippen LogP contribution in [0.2, 0.25) is 0 Å². The van der Waals surface area contributed by atoms with E-state index in [9.17, 15) is 26.3 Å². The molecule has 0 unspecified atom stereocenters. The Hall–Kier alpha value is -1.40. The molecule has 1 aromatic rings. The van der Waals surface area contributed by atoms with Crippen molar-refractivity contribution in [3.8, 4) is 5.75 Å². The molecule has 0 radical (unpaired) electrons. The van der Waals surface area contributed by atoms with Crippen molar-refractivity contribution in [2.75, 3.05) is 0 Å². The first-order valence-electron chi connectivity index (χ1n) is 3.21. The number of benzene rings is 1. The number of halogens is 6. The highest BCUT2D eigenvalue weighted by Gasteiger charge is 2.22. The Morgan fingerprint density at radius 3 is 1.71 bits per heavy atom. The van der Waals surface area contributed by atoms with Gasteiger partial charge in [0.15, 0.2) is 11.6 Å². The van der Waals surface area contributed by atoms with Crippen LogP contribution >= 0.6 is 0 Å². The van der Waals surface area contributed by atoms with Crippen LogP contribution in [0.3, 0.4) is 0 Å². The average Bonchev–Trinajstić information content (AvgIpc) is 2.09. The highest BCUT2D eigenvalue weighted by atomic mass is 19.3. The molecule has 0 aromatic heterocycles. The van der Waals surface area contributed by atoms with Crippen molar-refractivity contribution in [2.45, 2.75) is 6.61 Å². The number of hydrogen-bond acceptors (Lipinski definition) is 1. The van der Waals surface area contributed by atoms with Crippen LogP contribution < -0.4 is 4.74 Å². The van der Waals surface area contributed by atoms with Gasteiger partial charge in [-0.3, -0.25) is 0 Å². The van der Waals surface area contributed by atoms with Gasteiger partial charge in [-0.2, -0.15) is 17.6 Å². The van der Waals surface area contributed by atoms with E-state index >= 15 is 0 Å². The summed E-state index contributed by atoms with van der Waals surface area (Å²) in [6, 6.07) is -0.108. The van der Waals surface area contributed by atoms with Crippen molar-refractivity contribution >= 4 is 0 Å². The zero-order chi connectivity index (χ0) is 10.9. The maximum Gasteiger partial charge on any atom is 0.387 e. The molecular formula is C7H2F6O. The SMILES string of the molecule is Fc1cc(F)c(F)c(OC(F)F)c1F. The van der Waals surface area contributed by atoms with Crippen LogP contribution in [0, 0.1) is 23.3 Å². The maximum absolute atomic E-state index is 12.6. The van der Waals surface area contributed by atoms with Crippen molar-refractivity contribution in [3.63, 3.8) is 0 Å². The van der Waals surface area contributed by atoms with E-state index in [0.717, 1.165) is 0 Å². The molecule has 1 aromatic carbocycles. The predicted molar refractivity (Wildman–Crippen MR) is 32.9 cm³/mol. The summed E-state index contributed by atoms with van der Waals surface area (Å²) in [5.74, 6) is -9.37. The zero-order valence-electron chi connectivity index (χ0n) is 6.33. The van der Waals surface area contributed by atoms with Crippen LogP contribution in [0.1, 0.15) is 0 Å². The lowest BCUT2D eigenvalue weighted by atomic mass is 10.3. The van der Waals surface area contributed by atoms with Crippen molar-refractivity contribution < 1.29 is 31.1 Å². The van der Waals surface area contributed by atoms with Crippen molar-refractivity contribution in [1.82, 2.24) is 0 Å². The summed E-state index contributed by atoms with van der Waals surface area (Å²) in [6.45, 7) is -3.57. The van der Waals surface area contributed by atoms with Crippen molar-refractivity contribution in [1.29, 1.82) is 0 Å². The van der Waals surface area contributed by atoms with E-state index < -0.39 is 35.6 Å². The second-order valence-corrected chi connectivity index (χ2v) is 2.18. The lowest BCUT2D eigenvalue weighted by Crippen LogP contribution is -2.08. The first kappa shape index (κ1) is 10.7. The van der Waals surface area contributed by atoms with Crippen LogP contribution in [0.25, 0.3) is 0 Å². The summed E-state index contributed by atoms with van der Waals surface area (Å²) in [7, 11) is 0. The third kappa shape index (κ3) is 1.91. The fraction of sp³-hybridized carbons (Fsp3) is 0.143. The minimum atomic E-state index is -3.57. The fourth-order valence-corrected chi connectivity index (χ4v) is 0.744. The van der Waals surface area contributed by atoms with Gasteiger partial charge in [0.2, 0.25) is 17.4 Å². The Bertz CT molecular complexity index is 324. The smallest absolute Gasteiger partial charge is 0.387 e. The van der Waals surface area contributed by atoms with Crippen LogP contribution in [0.5, 0.6) is 5.75 Å². The molecule has 1 rings (SSSR count). The molecule has 0 fully saturated rings. The Balaban J connectivity index is 3.25. The number of rotatable bonds is 2. The van der Waals surface area contributed by atoms with E-state index in [-0.39, 0.29) is 6.07 Å². The minimum absolute atomic E-state index is 0.108. The predicted octanol–water partition coefficient (Wildman–Crippen LogP) is 2.84. The van der Waals surface area contributed by atoms with E-state index in [1.807, 2.05) is 0 Å². The molecule has 7 heteroatoms. The summed E-state index contributed by atoms with van der Waals surface area (Å²) in [5.41, 5.74) is 0. The third-order valence-corrected chi connectivity index (χ3v) is 1.28. The van der Waals surface area contributed by atoms with E-state index in [4.69, 9.17) is 0 Å². The number of hydrogen-bond donors (Lipinski definition) is 0. The van der Waals surface area contributed by atoms with Gasteiger partial charge < -0.3 is 4.74 Å². The Kier molecular flexibility index (Phi) is 2.87. The van der Waals surface area contributed by atoms with Gasteiger partial charge in [-0.05, 0) is 0 Å². The van der Waals surface area contributed by atoms with E-state index in [0.29, 0.717) is 0 Å². The van der Waals surface area contributed by atoms with E-state index in [2.05, 4.69) is 4.74 Å². The van der Waals surface area contributed by atoms with Crippen LogP contribution in [0.15, 0.2) is 6.07 Å². The number of alkyl halides is 2. The van der Waals surface area contributed by atoms with Gasteiger partial charge in [-0.25, -0.2) is 8.78 Å². The molecule has 0 aliphatic carbocycles. The topological polar surface area (TPSA) is 9.23 Å². The molecule has 0 spiro atoms. The van der Waals surface area contributed by atoms with Crippen LogP contribution in [-0.4, -0.2) is 6.61 Å². The van der Waals surface area contributed by atoms with Gasteiger partial charge >= 0.3 is 6.61 Å². The zero-order valence-corrected chi connectivity index (χ0v) is 6.33. The standard InChI is InChI=1S/C7H2F6O/c8-2-1-3(9)5(11)6(4(2)10)14-7(12)13/h1,7H. The quantitative estimate of drug-likeness (QED) is 0.545. The van der Waals surface area contributed by atoms with Gasteiger partial charge in [0.1, 0.15) is 0 Å². The molecule has 0 aliphatic rings. The van der Waals surface area contributed by atoms with Gasteiger partial charge in [-0.15, -0.1) is 0 Å².